The highest BCUT2D eigenvalue weighted by atomic mass is 16.6. The van der Waals surface area contributed by atoms with Crippen molar-refractivity contribution in [3.8, 4) is 11.3 Å². The molecule has 1 unspecified atom stereocenters. The maximum atomic E-state index is 13.7. The van der Waals surface area contributed by atoms with Gasteiger partial charge in [-0.05, 0) is 115 Å². The largest absolute Gasteiger partial charge is 0.465 e. The van der Waals surface area contributed by atoms with Crippen LogP contribution in [-0.2, 0) is 46.3 Å². The molecular formula is C51H74N8O8. The summed E-state index contributed by atoms with van der Waals surface area (Å²) < 4.78 is 25.0. The van der Waals surface area contributed by atoms with E-state index in [0.29, 0.717) is 51.5 Å². The minimum atomic E-state index is -1.16. The molecule has 3 N–H and O–H groups in total. The second-order valence-electron chi connectivity index (χ2n) is 20.5. The molecule has 1 aromatic carbocycles. The summed E-state index contributed by atoms with van der Waals surface area (Å²) in [6.45, 7) is 22.2. The van der Waals surface area contributed by atoms with Crippen LogP contribution in [0.4, 0.5) is 10.5 Å². The van der Waals surface area contributed by atoms with Crippen LogP contribution in [0.1, 0.15) is 117 Å². The number of hydrogen-bond donors (Lipinski definition) is 3. The van der Waals surface area contributed by atoms with Gasteiger partial charge in [-0.3, -0.25) is 25.0 Å². The number of nitrogens with one attached hydrogen (secondary N) is 3. The van der Waals surface area contributed by atoms with Gasteiger partial charge in [0.2, 0.25) is 0 Å². The van der Waals surface area contributed by atoms with Crippen LogP contribution in [-0.4, -0.2) is 133 Å². The molecule has 3 fully saturated rings. The fourth-order valence-electron chi connectivity index (χ4n) is 10.1. The fourth-order valence-corrected chi connectivity index (χ4v) is 10.1. The number of pyridine rings is 1. The summed E-state index contributed by atoms with van der Waals surface area (Å²) in [4.78, 5) is 64.4. The van der Waals surface area contributed by atoms with Gasteiger partial charge in [0.05, 0.1) is 36.0 Å². The highest BCUT2D eigenvalue weighted by Crippen LogP contribution is 2.43. The van der Waals surface area contributed by atoms with Gasteiger partial charge in [0.15, 0.2) is 0 Å². The van der Waals surface area contributed by atoms with Crippen LogP contribution in [0.2, 0.25) is 0 Å². The summed E-state index contributed by atoms with van der Waals surface area (Å²) in [6, 6.07) is 7.65. The number of hydrazine groups is 1. The quantitative estimate of drug-likeness (QED) is 0.0853. The Kier molecular flexibility index (Phi) is 16.1. The van der Waals surface area contributed by atoms with Gasteiger partial charge in [-0.2, -0.15) is 0 Å². The number of fused-ring (bicyclic) bond motifs is 2. The number of hydrogen-bond acceptors (Lipinski definition) is 14. The average molecular weight is 927 g/mol. The highest BCUT2D eigenvalue weighted by molar-refractivity contribution is 5.95. The summed E-state index contributed by atoms with van der Waals surface area (Å²) in [6.07, 6.45) is 9.55. The van der Waals surface area contributed by atoms with E-state index < -0.39 is 41.1 Å². The number of esters is 3. The number of alkyl carbamates (subject to hydrolysis) is 1. The van der Waals surface area contributed by atoms with Crippen molar-refractivity contribution in [1.82, 2.24) is 35.5 Å². The fraction of sp³-hybridized carbons (Fsp3) is 0.627. The third-order valence-electron chi connectivity index (χ3n) is 13.5. The molecule has 0 radical (unpaired) electrons. The van der Waals surface area contributed by atoms with Gasteiger partial charge in [0.25, 0.3) is 0 Å². The third-order valence-corrected chi connectivity index (χ3v) is 13.5. The summed E-state index contributed by atoms with van der Waals surface area (Å²) in [5, 5.41) is 3.80. The van der Waals surface area contributed by atoms with Gasteiger partial charge >= 0.3 is 24.0 Å². The molecule has 16 heteroatoms. The Morgan fingerprint density at radius 2 is 1.81 bits per heavy atom. The van der Waals surface area contributed by atoms with Crippen molar-refractivity contribution in [2.45, 2.75) is 137 Å². The first kappa shape index (κ1) is 50.0. The SMILES string of the molecule is CCn1c(-c2cc(N3CCN4CCCC[C@@H]4C3)cnc2[C@H](C)OC)c(CC(C)(C)COC(C)=O)c2cc(C3=CCCN(C[C@H](NC(=O)OC(C)(C)C)C(=O)OC(=O)C4CCCNN4)C3)ccc21. The van der Waals surface area contributed by atoms with E-state index in [2.05, 4.69) is 86.5 Å². The van der Waals surface area contributed by atoms with Gasteiger partial charge in [0, 0.05) is 94.3 Å². The first-order chi connectivity index (χ1) is 31.9. The summed E-state index contributed by atoms with van der Waals surface area (Å²) >= 11 is 0. The number of methoxy groups -OCH3 is 1. The zero-order chi connectivity index (χ0) is 48.0. The number of piperidine rings is 1. The highest BCUT2D eigenvalue weighted by Gasteiger charge is 2.35. The Labute approximate surface area is 396 Å². The lowest BCUT2D eigenvalue weighted by atomic mass is 9.84. The van der Waals surface area contributed by atoms with Crippen molar-refractivity contribution in [3.05, 3.63) is 53.4 Å². The third kappa shape index (κ3) is 12.4. The number of aryl methyl sites for hydroxylation is 1. The first-order valence-corrected chi connectivity index (χ1v) is 24.4. The molecule has 7 rings (SSSR count). The molecule has 4 atom stereocenters. The van der Waals surface area contributed by atoms with Crippen molar-refractivity contribution < 1.29 is 38.1 Å². The number of carbonyl (C=O) groups excluding carboxylic acids is 4. The van der Waals surface area contributed by atoms with E-state index in [1.807, 2.05) is 13.1 Å². The topological polar surface area (TPSA) is 169 Å². The zero-order valence-electron chi connectivity index (χ0n) is 41.3. The molecule has 0 saturated carbocycles. The average Bonchev–Trinajstić information content (AvgIpc) is 3.61. The number of ether oxygens (including phenoxy) is 4. The molecule has 1 amide bonds. The van der Waals surface area contributed by atoms with E-state index >= 15 is 0 Å². The second-order valence-corrected chi connectivity index (χ2v) is 20.5. The van der Waals surface area contributed by atoms with Crippen LogP contribution >= 0.6 is 0 Å². The number of anilines is 1. The minimum absolute atomic E-state index is 0.104. The molecule has 4 aliphatic heterocycles. The van der Waals surface area contributed by atoms with E-state index in [0.717, 1.165) is 76.3 Å². The molecule has 6 heterocycles. The summed E-state index contributed by atoms with van der Waals surface area (Å²) in [7, 11) is 1.73. The molecule has 2 aromatic heterocycles. The van der Waals surface area contributed by atoms with Crippen LogP contribution in [0.5, 0.6) is 0 Å². The van der Waals surface area contributed by atoms with Crippen LogP contribution in [0.3, 0.4) is 0 Å². The van der Waals surface area contributed by atoms with Gasteiger partial charge < -0.3 is 33.7 Å². The lowest BCUT2D eigenvalue weighted by molar-refractivity contribution is -0.163. The molecule has 67 heavy (non-hydrogen) atoms. The second kappa shape index (κ2) is 21.6. The number of piperazine rings is 1. The number of carbonyl (C=O) groups is 4. The van der Waals surface area contributed by atoms with Gasteiger partial charge in [-0.25, -0.2) is 19.8 Å². The van der Waals surface area contributed by atoms with E-state index in [1.54, 1.807) is 27.9 Å². The lowest BCUT2D eigenvalue weighted by Gasteiger charge is -2.45. The van der Waals surface area contributed by atoms with Gasteiger partial charge in [0.1, 0.15) is 17.7 Å². The molecular weight excluding hydrogens is 853 g/mol. The van der Waals surface area contributed by atoms with Gasteiger partial charge in [-0.15, -0.1) is 0 Å². The molecule has 0 aliphatic carbocycles. The van der Waals surface area contributed by atoms with Gasteiger partial charge in [-0.1, -0.05) is 32.4 Å². The number of amides is 1. The predicted molar refractivity (Wildman–Crippen MR) is 259 cm³/mol. The molecule has 3 aromatic rings. The maximum absolute atomic E-state index is 13.7. The van der Waals surface area contributed by atoms with Crippen molar-refractivity contribution in [3.63, 3.8) is 0 Å². The van der Waals surface area contributed by atoms with Crippen LogP contribution in [0.25, 0.3) is 27.7 Å². The smallest absolute Gasteiger partial charge is 0.408 e. The maximum Gasteiger partial charge on any atom is 0.408 e. The van der Waals surface area contributed by atoms with E-state index in [-0.39, 0.29) is 25.2 Å². The summed E-state index contributed by atoms with van der Waals surface area (Å²) in [5.74, 6) is -1.85. The van der Waals surface area contributed by atoms with Crippen LogP contribution in [0.15, 0.2) is 36.5 Å². The molecule has 0 bridgehead atoms. The standard InChI is InChI=1S/C51H74N8O8/c1-10-59-44-19-18-35(36-15-14-21-56(29-36)31-43(54-49(63)67-50(4,5)6)48(62)66-47(61)42-17-13-20-53-55-42)25-39(44)41(27-51(7,8)32-65-34(3)60)46(59)40-26-38(28-52-45(40)33(2)64-9)58-24-23-57-22-12-11-16-37(57)30-58/h15,18-19,25-26,28,33,37,42-43,53,55H,10-14,16-17,20-24,27,29-32H2,1-9H3,(H,54,63)/t33-,37+,42?,43-/m0/s1. The molecule has 3 saturated heterocycles. The number of aromatic nitrogens is 2. The number of rotatable bonds is 15. The van der Waals surface area contributed by atoms with E-state index in [1.165, 1.54) is 32.7 Å². The van der Waals surface area contributed by atoms with Crippen LogP contribution in [0, 0.1) is 5.41 Å². The zero-order valence-corrected chi connectivity index (χ0v) is 41.3. The monoisotopic (exact) mass is 927 g/mol. The molecule has 366 valence electrons. The van der Waals surface area contributed by atoms with E-state index in [9.17, 15) is 19.2 Å². The Hall–Kier alpha value is -4.87. The summed E-state index contributed by atoms with van der Waals surface area (Å²) in [5.41, 5.74) is 13.0. The Morgan fingerprint density at radius 3 is 2.52 bits per heavy atom. The normalized spacial score (nSPS) is 20.7. The first-order valence-electron chi connectivity index (χ1n) is 24.4. The lowest BCUT2D eigenvalue weighted by Crippen LogP contribution is -2.54. The molecule has 0 spiro atoms. The van der Waals surface area contributed by atoms with Crippen molar-refractivity contribution in [1.29, 1.82) is 0 Å². The van der Waals surface area contributed by atoms with Crippen molar-refractivity contribution in [2.75, 3.05) is 71.0 Å². The number of benzene rings is 1. The Balaban J connectivity index is 1.24. The number of nitrogens with zero attached hydrogens (tertiary/aromatic N) is 5. The molecule has 16 nitrogen and oxygen atoms in total. The Bertz CT molecular complexity index is 2290. The van der Waals surface area contributed by atoms with Crippen LogP contribution < -0.4 is 21.1 Å². The van der Waals surface area contributed by atoms with Crippen molar-refractivity contribution in [2.24, 2.45) is 5.41 Å². The molecule has 4 aliphatic rings. The van der Waals surface area contributed by atoms with E-state index in [4.69, 9.17) is 23.9 Å². The van der Waals surface area contributed by atoms with Crippen molar-refractivity contribution >= 4 is 46.2 Å². The predicted octanol–water partition coefficient (Wildman–Crippen LogP) is 6.55. The Morgan fingerprint density at radius 1 is 1.00 bits per heavy atom. The minimum Gasteiger partial charge on any atom is -0.465 e.